The van der Waals surface area contributed by atoms with Crippen molar-refractivity contribution in [2.45, 2.75) is 45.8 Å². The number of aryl methyl sites for hydroxylation is 2. The van der Waals surface area contributed by atoms with E-state index in [1.165, 1.54) is 10.9 Å². The second-order valence-electron chi connectivity index (χ2n) is 6.61. The zero-order chi connectivity index (χ0) is 17.8. The number of nitrogens with one attached hydrogen (secondary N) is 2. The Morgan fingerprint density at radius 2 is 2.20 bits per heavy atom. The summed E-state index contributed by atoms with van der Waals surface area (Å²) in [6.07, 6.45) is 3.34. The number of rotatable bonds is 8. The fourth-order valence-corrected chi connectivity index (χ4v) is 3.13. The van der Waals surface area contributed by atoms with Crippen molar-refractivity contribution in [2.24, 2.45) is 5.73 Å². The Morgan fingerprint density at radius 1 is 1.40 bits per heavy atom. The van der Waals surface area contributed by atoms with E-state index in [0.29, 0.717) is 19.0 Å². The van der Waals surface area contributed by atoms with Gasteiger partial charge in [0.25, 0.3) is 0 Å². The van der Waals surface area contributed by atoms with E-state index in [1.807, 2.05) is 19.1 Å². The van der Waals surface area contributed by atoms with E-state index in [-0.39, 0.29) is 5.91 Å². The minimum Gasteiger partial charge on any atom is -0.370 e. The third kappa shape index (κ3) is 4.28. The number of carbonyl (C=O) groups is 1. The standard InChI is InChI=1S/C19H25N5O/c1-13(9-16-10-14(2)22-23-16)21-11-15-12-24(8-7-19(20)25)18-6-4-3-5-17(15)18/h3-6,10,12-13,21H,7-9,11H2,1-2H3,(H2,20,25)(H,22,23)/t13-/m0/s1. The van der Waals surface area contributed by atoms with Crippen molar-refractivity contribution >= 4 is 16.8 Å². The van der Waals surface area contributed by atoms with Crippen LogP contribution in [0, 0.1) is 6.92 Å². The van der Waals surface area contributed by atoms with Crippen molar-refractivity contribution in [1.29, 1.82) is 0 Å². The molecule has 132 valence electrons. The first-order valence-corrected chi connectivity index (χ1v) is 8.62. The number of aromatic nitrogens is 3. The quantitative estimate of drug-likeness (QED) is 0.588. The van der Waals surface area contributed by atoms with Gasteiger partial charge in [0.05, 0.1) is 5.69 Å². The maximum absolute atomic E-state index is 11.1. The summed E-state index contributed by atoms with van der Waals surface area (Å²) in [5.74, 6) is -0.277. The molecule has 2 aromatic heterocycles. The van der Waals surface area contributed by atoms with Gasteiger partial charge in [-0.15, -0.1) is 0 Å². The summed E-state index contributed by atoms with van der Waals surface area (Å²) in [7, 11) is 0. The monoisotopic (exact) mass is 339 g/mol. The van der Waals surface area contributed by atoms with Crippen LogP contribution in [-0.4, -0.2) is 26.7 Å². The molecule has 3 aromatic rings. The van der Waals surface area contributed by atoms with Crippen molar-refractivity contribution in [1.82, 2.24) is 20.1 Å². The van der Waals surface area contributed by atoms with Gasteiger partial charge in [-0.05, 0) is 31.5 Å². The summed E-state index contributed by atoms with van der Waals surface area (Å²) in [5, 5.41) is 12.1. The second-order valence-corrected chi connectivity index (χ2v) is 6.61. The van der Waals surface area contributed by atoms with Crippen LogP contribution in [-0.2, 0) is 24.3 Å². The Hall–Kier alpha value is -2.60. The molecule has 25 heavy (non-hydrogen) atoms. The molecule has 1 amide bonds. The summed E-state index contributed by atoms with van der Waals surface area (Å²) in [5.41, 5.74) is 9.81. The summed E-state index contributed by atoms with van der Waals surface area (Å²) < 4.78 is 2.11. The van der Waals surface area contributed by atoms with Gasteiger partial charge in [0.15, 0.2) is 0 Å². The molecule has 0 bridgehead atoms. The van der Waals surface area contributed by atoms with E-state index in [0.717, 1.165) is 29.9 Å². The van der Waals surface area contributed by atoms with Crippen molar-refractivity contribution in [3.05, 3.63) is 53.5 Å². The lowest BCUT2D eigenvalue weighted by Crippen LogP contribution is -2.27. The number of aromatic amines is 1. The lowest BCUT2D eigenvalue weighted by Gasteiger charge is -2.12. The Morgan fingerprint density at radius 3 is 2.92 bits per heavy atom. The van der Waals surface area contributed by atoms with Crippen LogP contribution in [0.5, 0.6) is 0 Å². The zero-order valence-electron chi connectivity index (χ0n) is 14.7. The van der Waals surface area contributed by atoms with Gasteiger partial charge in [0.1, 0.15) is 0 Å². The van der Waals surface area contributed by atoms with E-state index in [4.69, 9.17) is 5.73 Å². The van der Waals surface area contributed by atoms with E-state index < -0.39 is 0 Å². The van der Waals surface area contributed by atoms with Gasteiger partial charge in [-0.25, -0.2) is 0 Å². The van der Waals surface area contributed by atoms with Crippen LogP contribution in [0.3, 0.4) is 0 Å². The first kappa shape index (κ1) is 17.2. The number of benzene rings is 1. The van der Waals surface area contributed by atoms with Crippen molar-refractivity contribution in [2.75, 3.05) is 0 Å². The van der Waals surface area contributed by atoms with Crippen LogP contribution in [0.15, 0.2) is 36.5 Å². The highest BCUT2D eigenvalue weighted by Crippen LogP contribution is 2.21. The van der Waals surface area contributed by atoms with Gasteiger partial charge in [-0.1, -0.05) is 18.2 Å². The third-order valence-corrected chi connectivity index (χ3v) is 4.39. The summed E-state index contributed by atoms with van der Waals surface area (Å²) >= 11 is 0. The van der Waals surface area contributed by atoms with Crippen LogP contribution in [0.25, 0.3) is 10.9 Å². The van der Waals surface area contributed by atoms with E-state index in [2.05, 4.69) is 51.4 Å². The molecule has 6 nitrogen and oxygen atoms in total. The molecule has 0 radical (unpaired) electrons. The van der Waals surface area contributed by atoms with Gasteiger partial charge >= 0.3 is 0 Å². The molecule has 1 aromatic carbocycles. The van der Waals surface area contributed by atoms with Crippen LogP contribution < -0.4 is 11.1 Å². The van der Waals surface area contributed by atoms with Crippen molar-refractivity contribution in [3.63, 3.8) is 0 Å². The predicted octanol–water partition coefficient (Wildman–Crippen LogP) is 2.27. The molecule has 0 saturated carbocycles. The molecule has 0 aliphatic rings. The van der Waals surface area contributed by atoms with Gasteiger partial charge in [0.2, 0.25) is 5.91 Å². The number of para-hydroxylation sites is 1. The minimum atomic E-state index is -0.277. The number of hydrogen-bond acceptors (Lipinski definition) is 3. The largest absolute Gasteiger partial charge is 0.370 e. The molecule has 1 atom stereocenters. The van der Waals surface area contributed by atoms with Crippen molar-refractivity contribution < 1.29 is 4.79 Å². The van der Waals surface area contributed by atoms with E-state index >= 15 is 0 Å². The highest BCUT2D eigenvalue weighted by molar-refractivity contribution is 5.84. The Bertz CT molecular complexity index is 864. The fourth-order valence-electron chi connectivity index (χ4n) is 3.13. The first-order chi connectivity index (χ1) is 12.0. The number of nitrogens with zero attached hydrogens (tertiary/aromatic N) is 2. The average Bonchev–Trinajstić information content (AvgIpc) is 3.14. The Balaban J connectivity index is 1.69. The number of primary amides is 1. The molecule has 0 aliphatic heterocycles. The van der Waals surface area contributed by atoms with Crippen LogP contribution in [0.2, 0.25) is 0 Å². The normalized spacial score (nSPS) is 12.6. The number of fused-ring (bicyclic) bond motifs is 1. The molecule has 4 N–H and O–H groups in total. The molecule has 0 saturated heterocycles. The maximum Gasteiger partial charge on any atom is 0.219 e. The van der Waals surface area contributed by atoms with E-state index in [9.17, 15) is 4.79 Å². The molecule has 0 spiro atoms. The maximum atomic E-state index is 11.1. The summed E-state index contributed by atoms with van der Waals surface area (Å²) in [6, 6.07) is 10.7. The lowest BCUT2D eigenvalue weighted by atomic mass is 10.1. The number of H-pyrrole nitrogens is 1. The fraction of sp³-hybridized carbons (Fsp3) is 0.368. The van der Waals surface area contributed by atoms with Crippen LogP contribution >= 0.6 is 0 Å². The van der Waals surface area contributed by atoms with Crippen molar-refractivity contribution in [3.8, 4) is 0 Å². The zero-order valence-corrected chi connectivity index (χ0v) is 14.7. The van der Waals surface area contributed by atoms with E-state index in [1.54, 1.807) is 0 Å². The van der Waals surface area contributed by atoms with Gasteiger partial charge in [-0.2, -0.15) is 5.10 Å². The number of amides is 1. The van der Waals surface area contributed by atoms with Crippen LogP contribution in [0.4, 0.5) is 0 Å². The first-order valence-electron chi connectivity index (χ1n) is 8.62. The number of carbonyl (C=O) groups excluding carboxylic acids is 1. The SMILES string of the molecule is Cc1cc(C[C@H](C)NCc2cn(CCC(N)=O)c3ccccc23)n[nH]1. The molecule has 3 rings (SSSR count). The molecule has 0 fully saturated rings. The lowest BCUT2D eigenvalue weighted by molar-refractivity contribution is -0.118. The topological polar surface area (TPSA) is 88.7 Å². The molecule has 0 unspecified atom stereocenters. The Kier molecular flexibility index (Phi) is 5.19. The van der Waals surface area contributed by atoms with Gasteiger partial charge in [-0.3, -0.25) is 9.89 Å². The highest BCUT2D eigenvalue weighted by Gasteiger charge is 2.11. The van der Waals surface area contributed by atoms with Gasteiger partial charge < -0.3 is 15.6 Å². The smallest absolute Gasteiger partial charge is 0.219 e. The summed E-state index contributed by atoms with van der Waals surface area (Å²) in [6.45, 7) is 5.55. The molecular weight excluding hydrogens is 314 g/mol. The number of nitrogens with two attached hydrogens (primary N) is 1. The average molecular weight is 339 g/mol. The summed E-state index contributed by atoms with van der Waals surface area (Å²) in [4.78, 5) is 11.1. The Labute approximate surface area is 147 Å². The predicted molar refractivity (Wildman–Crippen MR) is 99.1 cm³/mol. The number of hydrogen-bond donors (Lipinski definition) is 3. The highest BCUT2D eigenvalue weighted by atomic mass is 16.1. The van der Waals surface area contributed by atoms with Crippen LogP contribution in [0.1, 0.15) is 30.3 Å². The molecule has 0 aliphatic carbocycles. The third-order valence-electron chi connectivity index (χ3n) is 4.39. The van der Waals surface area contributed by atoms with Gasteiger partial charge in [0, 0.05) is 54.8 Å². The minimum absolute atomic E-state index is 0.277. The molecular formula is C19H25N5O. The molecule has 6 heteroatoms. The molecule has 2 heterocycles. The second kappa shape index (κ2) is 7.53.